The molecule has 0 saturated heterocycles. The molecule has 3 fully saturated rings. The predicted octanol–water partition coefficient (Wildman–Crippen LogP) is 7.50. The maximum absolute atomic E-state index is 13.6. The first kappa shape index (κ1) is 30.1. The monoisotopic (exact) mass is 591 g/mol. The lowest BCUT2D eigenvalue weighted by Gasteiger charge is -2.36. The summed E-state index contributed by atoms with van der Waals surface area (Å²) in [6.07, 6.45) is 9.10. The minimum Gasteiger partial charge on any atom is -0.353 e. The van der Waals surface area contributed by atoms with Gasteiger partial charge < -0.3 is 9.88 Å². The summed E-state index contributed by atoms with van der Waals surface area (Å²) in [5, 5.41) is 4.23. The van der Waals surface area contributed by atoms with E-state index in [0.717, 1.165) is 55.1 Å². The number of allylic oxidation sites excluding steroid dienone is 1. The molecule has 0 bridgehead atoms. The number of hydrogen-bond donors (Lipinski definition) is 1. The molecular weight excluding hydrogens is 551 g/mol. The molecule has 41 heavy (non-hydrogen) atoms. The summed E-state index contributed by atoms with van der Waals surface area (Å²) in [5.74, 6) is -1.59. The van der Waals surface area contributed by atoms with Crippen molar-refractivity contribution in [1.29, 1.82) is 0 Å². The van der Waals surface area contributed by atoms with Gasteiger partial charge in [-0.15, -0.1) is 11.6 Å². The van der Waals surface area contributed by atoms with Crippen LogP contribution in [0.2, 0.25) is 0 Å². The van der Waals surface area contributed by atoms with Gasteiger partial charge in [0, 0.05) is 41.5 Å². The second-order valence-electron chi connectivity index (χ2n) is 12.7. The minimum absolute atomic E-state index is 0.0526. The third-order valence-electron chi connectivity index (χ3n) is 9.85. The number of alkyl halides is 4. The number of nitrogens with one attached hydrogen (secondary N) is 1. The van der Waals surface area contributed by atoms with Gasteiger partial charge in [-0.2, -0.15) is 13.2 Å². The van der Waals surface area contributed by atoms with E-state index >= 15 is 0 Å². The smallest absolute Gasteiger partial charge is 0.353 e. The standard InChI is InChI=1S/C32H41ClF3N3O2/c1-19-6-12-26(38-30(40)21-4-3-5-23(14-21)32(34,35)36)16-27(19)28-15-22-18-37-25(17-29(22)39(2)31(28)41)13-9-20-7-10-24(33)11-8-20/h9,13,15,17-21,23-24,26-27H,3-8,10-12,14,16H2,1-2H3,(H,38,40)/b13-9+. The van der Waals surface area contributed by atoms with E-state index in [-0.39, 0.29) is 47.6 Å². The molecule has 3 saturated carbocycles. The van der Waals surface area contributed by atoms with Crippen LogP contribution in [0.4, 0.5) is 13.2 Å². The summed E-state index contributed by atoms with van der Waals surface area (Å²) in [4.78, 5) is 31.2. The Morgan fingerprint density at radius 3 is 2.56 bits per heavy atom. The van der Waals surface area contributed by atoms with Crippen molar-refractivity contribution in [3.63, 3.8) is 0 Å². The van der Waals surface area contributed by atoms with Crippen LogP contribution < -0.4 is 10.9 Å². The molecule has 5 nitrogen and oxygen atoms in total. The Bertz CT molecular complexity index is 1330. The summed E-state index contributed by atoms with van der Waals surface area (Å²) in [5.41, 5.74) is 2.30. The zero-order valence-corrected chi connectivity index (χ0v) is 24.7. The molecule has 0 radical (unpaired) electrons. The molecule has 9 heteroatoms. The number of rotatable bonds is 5. The molecular formula is C32H41ClF3N3O2. The molecule has 3 aliphatic carbocycles. The molecule has 5 rings (SSSR count). The molecule has 1 amide bonds. The largest absolute Gasteiger partial charge is 0.391 e. The van der Waals surface area contributed by atoms with Gasteiger partial charge in [-0.3, -0.25) is 14.6 Å². The highest BCUT2D eigenvalue weighted by atomic mass is 35.5. The molecule has 5 atom stereocenters. The Labute approximate surface area is 244 Å². The Morgan fingerprint density at radius 1 is 1.07 bits per heavy atom. The van der Waals surface area contributed by atoms with Crippen LogP contribution in [0.1, 0.15) is 94.7 Å². The normalized spacial score (nSPS) is 31.4. The Balaban J connectivity index is 1.29. The molecule has 3 aliphatic rings. The van der Waals surface area contributed by atoms with Crippen molar-refractivity contribution in [3.05, 3.63) is 46.0 Å². The summed E-state index contributed by atoms with van der Waals surface area (Å²) in [6, 6.07) is 3.74. The van der Waals surface area contributed by atoms with Crippen LogP contribution in [0.15, 0.2) is 29.2 Å². The Hall–Kier alpha value is -2.35. The number of fused-ring (bicyclic) bond motifs is 1. The topological polar surface area (TPSA) is 64.0 Å². The van der Waals surface area contributed by atoms with Crippen LogP contribution in [-0.2, 0) is 11.8 Å². The highest BCUT2D eigenvalue weighted by Gasteiger charge is 2.44. The fourth-order valence-electron chi connectivity index (χ4n) is 7.20. The third kappa shape index (κ3) is 7.00. The fourth-order valence-corrected chi connectivity index (χ4v) is 7.45. The summed E-state index contributed by atoms with van der Waals surface area (Å²) in [6.45, 7) is 2.13. The van der Waals surface area contributed by atoms with Gasteiger partial charge in [0.25, 0.3) is 5.56 Å². The van der Waals surface area contributed by atoms with Crippen molar-refractivity contribution in [2.75, 3.05) is 0 Å². The number of halogens is 4. The zero-order chi connectivity index (χ0) is 29.3. The number of hydrogen-bond acceptors (Lipinski definition) is 3. The van der Waals surface area contributed by atoms with Gasteiger partial charge >= 0.3 is 6.18 Å². The van der Waals surface area contributed by atoms with Crippen LogP contribution in [0.5, 0.6) is 0 Å². The molecule has 2 heterocycles. The lowest BCUT2D eigenvalue weighted by molar-refractivity contribution is -0.186. The van der Waals surface area contributed by atoms with E-state index in [1.807, 2.05) is 24.4 Å². The first-order chi connectivity index (χ1) is 19.5. The maximum Gasteiger partial charge on any atom is 0.391 e. The first-order valence-electron chi connectivity index (χ1n) is 15.2. The number of carbonyl (C=O) groups excluding carboxylic acids is 1. The van der Waals surface area contributed by atoms with Crippen LogP contribution in [0, 0.1) is 23.7 Å². The maximum atomic E-state index is 13.6. The van der Waals surface area contributed by atoms with Crippen LogP contribution in [0.25, 0.3) is 17.0 Å². The van der Waals surface area contributed by atoms with Crippen molar-refractivity contribution in [2.45, 2.75) is 101 Å². The van der Waals surface area contributed by atoms with Gasteiger partial charge in [-0.05, 0) is 100 Å². The third-order valence-corrected chi connectivity index (χ3v) is 10.3. The quantitative estimate of drug-likeness (QED) is 0.366. The molecule has 5 unspecified atom stereocenters. The van der Waals surface area contributed by atoms with Crippen LogP contribution >= 0.6 is 11.6 Å². The molecule has 0 aromatic carbocycles. The van der Waals surface area contributed by atoms with Gasteiger partial charge in [-0.25, -0.2) is 0 Å². The lowest BCUT2D eigenvalue weighted by atomic mass is 9.74. The van der Waals surface area contributed by atoms with Crippen LogP contribution in [-0.4, -0.2) is 33.1 Å². The molecule has 2 aromatic rings. The Kier molecular flexibility index (Phi) is 9.17. The first-order valence-corrected chi connectivity index (χ1v) is 15.6. The van der Waals surface area contributed by atoms with E-state index in [0.29, 0.717) is 30.7 Å². The number of pyridine rings is 2. The van der Waals surface area contributed by atoms with Gasteiger partial charge in [0.1, 0.15) is 0 Å². The molecule has 2 aromatic heterocycles. The van der Waals surface area contributed by atoms with Crippen molar-refractivity contribution < 1.29 is 18.0 Å². The number of aryl methyl sites for hydroxylation is 1. The fraction of sp³-hybridized carbons (Fsp3) is 0.656. The summed E-state index contributed by atoms with van der Waals surface area (Å²) >= 11 is 6.23. The van der Waals surface area contributed by atoms with E-state index in [1.165, 1.54) is 0 Å². The minimum atomic E-state index is -4.25. The second kappa shape index (κ2) is 12.5. The molecule has 0 aliphatic heterocycles. The number of aromatic nitrogens is 2. The SMILES string of the molecule is CC1CCC(NC(=O)C2CCCC(C(F)(F)F)C2)CC1c1cc2cnc(/C=C/C3CCC(Cl)CC3)cc2n(C)c1=O. The number of carbonyl (C=O) groups is 1. The van der Waals surface area contributed by atoms with E-state index in [9.17, 15) is 22.8 Å². The van der Waals surface area contributed by atoms with E-state index < -0.39 is 18.0 Å². The van der Waals surface area contributed by atoms with Crippen molar-refractivity contribution >= 4 is 34.5 Å². The highest BCUT2D eigenvalue weighted by molar-refractivity contribution is 6.20. The Morgan fingerprint density at radius 2 is 1.83 bits per heavy atom. The second-order valence-corrected chi connectivity index (χ2v) is 13.3. The van der Waals surface area contributed by atoms with Gasteiger partial charge in [0.15, 0.2) is 0 Å². The van der Waals surface area contributed by atoms with Gasteiger partial charge in [-0.1, -0.05) is 19.4 Å². The lowest BCUT2D eigenvalue weighted by Crippen LogP contribution is -2.45. The van der Waals surface area contributed by atoms with Gasteiger partial charge in [0.05, 0.1) is 17.1 Å². The average molecular weight is 592 g/mol. The predicted molar refractivity (Wildman–Crippen MR) is 157 cm³/mol. The number of nitrogens with zero attached hydrogens (tertiary/aromatic N) is 2. The molecule has 1 N–H and O–H groups in total. The average Bonchev–Trinajstić information content (AvgIpc) is 2.95. The number of amides is 1. The van der Waals surface area contributed by atoms with E-state index in [4.69, 9.17) is 11.6 Å². The molecule has 0 spiro atoms. The summed E-state index contributed by atoms with van der Waals surface area (Å²) < 4.78 is 41.5. The van der Waals surface area contributed by atoms with E-state index in [1.54, 1.807) is 11.6 Å². The highest BCUT2D eigenvalue weighted by Crippen LogP contribution is 2.41. The van der Waals surface area contributed by atoms with Crippen molar-refractivity contribution in [2.24, 2.45) is 30.7 Å². The van der Waals surface area contributed by atoms with Crippen molar-refractivity contribution in [1.82, 2.24) is 14.9 Å². The zero-order valence-electron chi connectivity index (χ0n) is 23.9. The molecule has 224 valence electrons. The van der Waals surface area contributed by atoms with E-state index in [2.05, 4.69) is 23.3 Å². The van der Waals surface area contributed by atoms with Crippen molar-refractivity contribution in [3.8, 4) is 0 Å². The van der Waals surface area contributed by atoms with Crippen LogP contribution in [0.3, 0.4) is 0 Å². The summed E-state index contributed by atoms with van der Waals surface area (Å²) in [7, 11) is 1.79. The van der Waals surface area contributed by atoms with Gasteiger partial charge in [0.2, 0.25) is 5.91 Å².